The fourth-order valence-corrected chi connectivity index (χ4v) is 2.89. The molecule has 2 rings (SSSR count). The first kappa shape index (κ1) is 24.0. The average molecular weight is 448 g/mol. The fraction of sp³-hybridized carbons (Fsp3) is 0.318. The Morgan fingerprint density at radius 1 is 1.06 bits per heavy atom. The summed E-state index contributed by atoms with van der Waals surface area (Å²) >= 11 is 5.94. The van der Waals surface area contributed by atoms with Crippen LogP contribution in [0.3, 0.4) is 0 Å². The third kappa shape index (κ3) is 7.18. The highest BCUT2D eigenvalue weighted by Crippen LogP contribution is 2.22. The molecule has 31 heavy (non-hydrogen) atoms. The number of carbonyl (C=O) groups excluding carboxylic acids is 3. The van der Waals surface area contributed by atoms with Gasteiger partial charge in [-0.05, 0) is 29.7 Å². The number of rotatable bonds is 8. The second kappa shape index (κ2) is 11.8. The van der Waals surface area contributed by atoms with E-state index in [1.54, 1.807) is 12.1 Å². The first-order valence-corrected chi connectivity index (χ1v) is 10.1. The zero-order valence-electron chi connectivity index (χ0n) is 17.6. The molecule has 0 aliphatic rings. The summed E-state index contributed by atoms with van der Waals surface area (Å²) in [5, 5.41) is 2.91. The summed E-state index contributed by atoms with van der Waals surface area (Å²) in [4.78, 5) is 37.3. The molecule has 0 radical (unpaired) electrons. The van der Waals surface area contributed by atoms with Gasteiger partial charge in [0.05, 0.1) is 12.7 Å². The number of benzene rings is 2. The van der Waals surface area contributed by atoms with Crippen molar-refractivity contribution in [3.05, 3.63) is 64.7 Å². The van der Waals surface area contributed by atoms with Gasteiger partial charge in [-0.2, -0.15) is 0 Å². The highest BCUT2D eigenvalue weighted by Gasteiger charge is 2.27. The molecule has 0 saturated carbocycles. The first-order chi connectivity index (χ1) is 14.8. The maximum absolute atomic E-state index is 12.7. The van der Waals surface area contributed by atoms with Crippen LogP contribution < -0.4 is 20.9 Å². The predicted octanol–water partition coefficient (Wildman–Crippen LogP) is 3.45. The van der Waals surface area contributed by atoms with Gasteiger partial charge < -0.3 is 14.8 Å². The Kier molecular flexibility index (Phi) is 9.14. The van der Waals surface area contributed by atoms with Gasteiger partial charge in [-0.25, -0.2) is 4.79 Å². The lowest BCUT2D eigenvalue weighted by molar-refractivity contribution is -0.125. The quantitative estimate of drug-likeness (QED) is 0.537. The van der Waals surface area contributed by atoms with Crippen LogP contribution in [0.4, 0.5) is 4.79 Å². The maximum Gasteiger partial charge on any atom is 0.408 e. The molecule has 0 spiro atoms. The molecule has 0 fully saturated rings. The van der Waals surface area contributed by atoms with Crippen molar-refractivity contribution in [2.45, 2.75) is 32.9 Å². The van der Waals surface area contributed by atoms with Gasteiger partial charge in [-0.1, -0.05) is 62.2 Å². The van der Waals surface area contributed by atoms with Gasteiger partial charge in [-0.3, -0.25) is 20.4 Å². The Labute approximate surface area is 186 Å². The number of hydrazine groups is 1. The number of amides is 3. The second-order valence-corrected chi connectivity index (χ2v) is 7.29. The summed E-state index contributed by atoms with van der Waals surface area (Å²) in [5.74, 6) is -1.10. The summed E-state index contributed by atoms with van der Waals surface area (Å²) in [6, 6.07) is 12.8. The predicted molar refractivity (Wildman–Crippen MR) is 117 cm³/mol. The molecular weight excluding hydrogens is 422 g/mol. The van der Waals surface area contributed by atoms with Crippen molar-refractivity contribution in [2.75, 3.05) is 7.11 Å². The van der Waals surface area contributed by atoms with Gasteiger partial charge in [0, 0.05) is 5.02 Å². The topological polar surface area (TPSA) is 106 Å². The van der Waals surface area contributed by atoms with Crippen molar-refractivity contribution in [3.63, 3.8) is 0 Å². The largest absolute Gasteiger partial charge is 0.496 e. The smallest absolute Gasteiger partial charge is 0.408 e. The van der Waals surface area contributed by atoms with Gasteiger partial charge >= 0.3 is 6.09 Å². The summed E-state index contributed by atoms with van der Waals surface area (Å²) in [7, 11) is 1.42. The van der Waals surface area contributed by atoms with Crippen LogP contribution in [0.15, 0.2) is 48.5 Å². The number of alkyl carbamates (subject to hydrolysis) is 1. The van der Waals surface area contributed by atoms with Crippen LogP contribution in [-0.2, 0) is 16.1 Å². The Morgan fingerprint density at radius 2 is 1.77 bits per heavy atom. The van der Waals surface area contributed by atoms with E-state index in [4.69, 9.17) is 21.1 Å². The molecule has 3 amide bonds. The van der Waals surface area contributed by atoms with E-state index < -0.39 is 23.9 Å². The Hall–Kier alpha value is -3.26. The van der Waals surface area contributed by atoms with E-state index in [0.717, 1.165) is 5.56 Å². The van der Waals surface area contributed by atoms with E-state index in [9.17, 15) is 14.4 Å². The van der Waals surface area contributed by atoms with Gasteiger partial charge in [0.2, 0.25) is 0 Å². The van der Waals surface area contributed by atoms with E-state index in [1.165, 1.54) is 13.2 Å². The molecule has 0 aromatic heterocycles. The van der Waals surface area contributed by atoms with Crippen molar-refractivity contribution >= 4 is 29.5 Å². The molecule has 0 bridgehead atoms. The third-order valence-corrected chi connectivity index (χ3v) is 4.92. The minimum Gasteiger partial charge on any atom is -0.496 e. The van der Waals surface area contributed by atoms with Crippen LogP contribution in [0, 0.1) is 5.92 Å². The van der Waals surface area contributed by atoms with Crippen molar-refractivity contribution in [2.24, 2.45) is 5.92 Å². The number of hydrogen-bond donors (Lipinski definition) is 3. The van der Waals surface area contributed by atoms with Crippen molar-refractivity contribution in [1.29, 1.82) is 0 Å². The van der Waals surface area contributed by atoms with Gasteiger partial charge in [-0.15, -0.1) is 0 Å². The van der Waals surface area contributed by atoms with Crippen LogP contribution in [0.2, 0.25) is 5.02 Å². The number of nitrogens with one attached hydrogen (secondary N) is 3. The molecule has 9 heteroatoms. The van der Waals surface area contributed by atoms with E-state index in [-0.39, 0.29) is 18.1 Å². The minimum absolute atomic E-state index is 0.0762. The molecule has 0 aliphatic heterocycles. The summed E-state index contributed by atoms with van der Waals surface area (Å²) in [6.07, 6.45) is -0.111. The zero-order valence-corrected chi connectivity index (χ0v) is 18.4. The highest BCUT2D eigenvalue weighted by molar-refractivity contribution is 6.31. The van der Waals surface area contributed by atoms with Crippen LogP contribution >= 0.6 is 11.6 Å². The fourth-order valence-electron chi connectivity index (χ4n) is 2.71. The average Bonchev–Trinajstić information content (AvgIpc) is 2.79. The van der Waals surface area contributed by atoms with Crippen molar-refractivity contribution in [1.82, 2.24) is 16.2 Å². The van der Waals surface area contributed by atoms with Gasteiger partial charge in [0.25, 0.3) is 11.8 Å². The molecule has 2 aromatic carbocycles. The number of ether oxygens (including phenoxy) is 2. The van der Waals surface area contributed by atoms with Gasteiger partial charge in [0.1, 0.15) is 18.4 Å². The minimum atomic E-state index is -0.908. The van der Waals surface area contributed by atoms with E-state index in [2.05, 4.69) is 16.2 Å². The second-order valence-electron chi connectivity index (χ2n) is 6.86. The van der Waals surface area contributed by atoms with E-state index >= 15 is 0 Å². The lowest BCUT2D eigenvalue weighted by atomic mass is 9.99. The molecule has 166 valence electrons. The van der Waals surface area contributed by atoms with Crippen molar-refractivity contribution in [3.8, 4) is 5.75 Å². The monoisotopic (exact) mass is 447 g/mol. The molecule has 0 saturated heterocycles. The molecule has 0 unspecified atom stereocenters. The molecular formula is C22H26ClN3O5. The highest BCUT2D eigenvalue weighted by atomic mass is 35.5. The van der Waals surface area contributed by atoms with E-state index in [1.807, 2.05) is 44.2 Å². The molecule has 2 aromatic rings. The number of halogens is 1. The lowest BCUT2D eigenvalue weighted by Gasteiger charge is -2.23. The van der Waals surface area contributed by atoms with Crippen LogP contribution in [0.5, 0.6) is 5.75 Å². The lowest BCUT2D eigenvalue weighted by Crippen LogP contribution is -2.54. The number of methoxy groups -OCH3 is 1. The van der Waals surface area contributed by atoms with Crippen LogP contribution in [0.1, 0.15) is 36.2 Å². The number of carbonyl (C=O) groups is 3. The van der Waals surface area contributed by atoms with Crippen LogP contribution in [0.25, 0.3) is 0 Å². The molecule has 0 heterocycles. The van der Waals surface area contributed by atoms with E-state index in [0.29, 0.717) is 17.2 Å². The first-order valence-electron chi connectivity index (χ1n) is 9.76. The van der Waals surface area contributed by atoms with Crippen molar-refractivity contribution < 1.29 is 23.9 Å². The zero-order chi connectivity index (χ0) is 22.8. The Morgan fingerprint density at radius 3 is 2.42 bits per heavy atom. The third-order valence-electron chi connectivity index (χ3n) is 4.69. The maximum atomic E-state index is 12.7. The number of hydrogen-bond acceptors (Lipinski definition) is 5. The molecule has 8 nitrogen and oxygen atoms in total. The Balaban J connectivity index is 1.97. The molecule has 2 atom stereocenters. The standard InChI is InChI=1S/C22H26ClN3O5/c1-4-14(2)19(24-22(29)31-13-15-8-6-5-7-9-15)21(28)26-25-20(27)17-12-16(23)10-11-18(17)30-3/h5-12,14,19H,4,13H2,1-3H3,(H,24,29)(H,25,27)(H,26,28)/t14-,19-/m0/s1. The van der Waals surface area contributed by atoms with Gasteiger partial charge in [0.15, 0.2) is 0 Å². The molecule has 3 N–H and O–H groups in total. The Bertz CT molecular complexity index is 907. The summed E-state index contributed by atoms with van der Waals surface area (Å²) in [6.45, 7) is 3.77. The normalized spacial score (nSPS) is 12.3. The summed E-state index contributed by atoms with van der Waals surface area (Å²) in [5.41, 5.74) is 5.64. The summed E-state index contributed by atoms with van der Waals surface area (Å²) < 4.78 is 10.3. The SMILES string of the molecule is CC[C@H](C)[C@H](NC(=O)OCc1ccccc1)C(=O)NNC(=O)c1cc(Cl)ccc1OC. The van der Waals surface area contributed by atoms with Crippen LogP contribution in [-0.4, -0.2) is 31.1 Å². The molecule has 0 aliphatic carbocycles.